The fraction of sp³-hybridized carbons (Fsp3) is 0.562. The molecule has 0 radical (unpaired) electrons. The van der Waals surface area contributed by atoms with Crippen molar-refractivity contribution in [3.8, 4) is 0 Å². The molecule has 1 heterocycles. The quantitative estimate of drug-likeness (QED) is 0.870. The number of hydrogen-bond acceptors (Lipinski definition) is 2. The zero-order chi connectivity index (χ0) is 13.7. The van der Waals surface area contributed by atoms with Crippen LogP contribution < -0.4 is 10.6 Å². The summed E-state index contributed by atoms with van der Waals surface area (Å²) in [6.45, 7) is 6.28. The fourth-order valence-electron chi connectivity index (χ4n) is 2.60. The zero-order valence-electron chi connectivity index (χ0n) is 11.9. The average Bonchev–Trinajstić information content (AvgIpc) is 2.40. The fourth-order valence-corrected chi connectivity index (χ4v) is 2.60. The van der Waals surface area contributed by atoms with E-state index in [9.17, 15) is 4.79 Å². The third kappa shape index (κ3) is 4.06. The van der Waals surface area contributed by atoms with Crippen LogP contribution in [0.4, 0.5) is 0 Å². The first-order valence-electron chi connectivity index (χ1n) is 7.21. The van der Waals surface area contributed by atoms with Crippen LogP contribution in [0, 0.1) is 12.8 Å². The van der Waals surface area contributed by atoms with Crippen molar-refractivity contribution < 1.29 is 4.79 Å². The maximum Gasteiger partial charge on any atom is 0.220 e. The maximum atomic E-state index is 12.0. The van der Waals surface area contributed by atoms with Gasteiger partial charge in [-0.15, -0.1) is 0 Å². The molecule has 3 nitrogen and oxygen atoms in total. The Kier molecular flexibility index (Phi) is 4.97. The minimum Gasteiger partial charge on any atom is -0.352 e. The lowest BCUT2D eigenvalue weighted by molar-refractivity contribution is -0.122. The molecule has 0 bridgehead atoms. The Balaban J connectivity index is 1.80. The van der Waals surface area contributed by atoms with E-state index in [4.69, 9.17) is 0 Å². The number of piperidine rings is 1. The SMILES string of the molecule is Cc1ccccc1CCC(=O)N[C@H]1CNCC[C@@H]1C. The van der Waals surface area contributed by atoms with E-state index in [-0.39, 0.29) is 11.9 Å². The summed E-state index contributed by atoms with van der Waals surface area (Å²) in [7, 11) is 0. The number of benzene rings is 1. The second kappa shape index (κ2) is 6.71. The Hall–Kier alpha value is -1.35. The first-order chi connectivity index (χ1) is 9.16. The molecule has 3 heteroatoms. The summed E-state index contributed by atoms with van der Waals surface area (Å²) in [4.78, 5) is 12.0. The van der Waals surface area contributed by atoms with Crippen LogP contribution in [-0.4, -0.2) is 25.0 Å². The molecule has 19 heavy (non-hydrogen) atoms. The van der Waals surface area contributed by atoms with Crippen LogP contribution in [0.2, 0.25) is 0 Å². The highest BCUT2D eigenvalue weighted by Crippen LogP contribution is 2.12. The Labute approximate surface area is 115 Å². The smallest absolute Gasteiger partial charge is 0.220 e. The second-order valence-corrected chi connectivity index (χ2v) is 5.57. The molecule has 1 aliphatic heterocycles. The van der Waals surface area contributed by atoms with E-state index in [0.29, 0.717) is 12.3 Å². The van der Waals surface area contributed by atoms with Crippen molar-refractivity contribution in [1.29, 1.82) is 0 Å². The lowest BCUT2D eigenvalue weighted by Crippen LogP contribution is -2.50. The maximum absolute atomic E-state index is 12.0. The lowest BCUT2D eigenvalue weighted by Gasteiger charge is -2.30. The van der Waals surface area contributed by atoms with Gasteiger partial charge in [0.25, 0.3) is 0 Å². The van der Waals surface area contributed by atoms with E-state index >= 15 is 0 Å². The van der Waals surface area contributed by atoms with Crippen molar-refractivity contribution in [3.05, 3.63) is 35.4 Å². The third-order valence-corrected chi connectivity index (χ3v) is 4.06. The highest BCUT2D eigenvalue weighted by Gasteiger charge is 2.22. The van der Waals surface area contributed by atoms with Gasteiger partial charge in [0.1, 0.15) is 0 Å². The van der Waals surface area contributed by atoms with Gasteiger partial charge in [0.15, 0.2) is 0 Å². The average molecular weight is 260 g/mol. The topological polar surface area (TPSA) is 41.1 Å². The molecular formula is C16H24N2O. The highest BCUT2D eigenvalue weighted by atomic mass is 16.1. The molecule has 2 N–H and O–H groups in total. The minimum absolute atomic E-state index is 0.170. The summed E-state index contributed by atoms with van der Waals surface area (Å²) in [5.41, 5.74) is 2.54. The molecule has 0 spiro atoms. The first-order valence-corrected chi connectivity index (χ1v) is 7.21. The molecule has 0 saturated carbocycles. The van der Waals surface area contributed by atoms with Gasteiger partial charge >= 0.3 is 0 Å². The summed E-state index contributed by atoms with van der Waals surface area (Å²) in [5, 5.41) is 6.50. The molecule has 1 fully saturated rings. The highest BCUT2D eigenvalue weighted by molar-refractivity contribution is 5.76. The zero-order valence-corrected chi connectivity index (χ0v) is 11.9. The molecule has 0 aliphatic carbocycles. The minimum atomic E-state index is 0.170. The molecule has 1 aliphatic rings. The number of rotatable bonds is 4. The predicted octanol–water partition coefficient (Wildman–Crippen LogP) is 2.04. The van der Waals surface area contributed by atoms with Gasteiger partial charge in [-0.05, 0) is 43.4 Å². The number of aryl methyl sites for hydroxylation is 2. The molecule has 0 unspecified atom stereocenters. The van der Waals surface area contributed by atoms with Gasteiger partial charge in [-0.3, -0.25) is 4.79 Å². The van der Waals surface area contributed by atoms with E-state index < -0.39 is 0 Å². The lowest BCUT2D eigenvalue weighted by atomic mass is 9.94. The molecule has 1 saturated heterocycles. The van der Waals surface area contributed by atoms with Crippen LogP contribution in [-0.2, 0) is 11.2 Å². The molecule has 1 amide bonds. The molecule has 1 aromatic carbocycles. The molecule has 1 aromatic rings. The van der Waals surface area contributed by atoms with Crippen LogP contribution in [0.1, 0.15) is 30.9 Å². The van der Waals surface area contributed by atoms with Gasteiger partial charge in [-0.2, -0.15) is 0 Å². The summed E-state index contributed by atoms with van der Waals surface area (Å²) in [6.07, 6.45) is 2.55. The van der Waals surface area contributed by atoms with Gasteiger partial charge < -0.3 is 10.6 Å². The predicted molar refractivity (Wildman–Crippen MR) is 78.1 cm³/mol. The number of carbonyl (C=O) groups excluding carboxylic acids is 1. The molecule has 2 rings (SSSR count). The Morgan fingerprint density at radius 3 is 2.95 bits per heavy atom. The van der Waals surface area contributed by atoms with Crippen LogP contribution in [0.5, 0.6) is 0 Å². The van der Waals surface area contributed by atoms with Crippen molar-refractivity contribution in [2.45, 2.75) is 39.2 Å². The largest absolute Gasteiger partial charge is 0.352 e. The molecule has 104 valence electrons. The second-order valence-electron chi connectivity index (χ2n) is 5.57. The van der Waals surface area contributed by atoms with Gasteiger partial charge in [-0.1, -0.05) is 31.2 Å². The molecule has 0 aromatic heterocycles. The standard InChI is InChI=1S/C16H24N2O/c1-12-5-3-4-6-14(12)7-8-16(19)18-15-11-17-10-9-13(15)2/h3-6,13,15,17H,7-11H2,1-2H3,(H,18,19)/t13-,15-/m0/s1. The van der Waals surface area contributed by atoms with E-state index in [1.165, 1.54) is 11.1 Å². The number of hydrogen-bond donors (Lipinski definition) is 2. The van der Waals surface area contributed by atoms with Gasteiger partial charge in [-0.25, -0.2) is 0 Å². The van der Waals surface area contributed by atoms with E-state index in [0.717, 1.165) is 25.9 Å². The number of carbonyl (C=O) groups is 1. The van der Waals surface area contributed by atoms with Crippen LogP contribution >= 0.6 is 0 Å². The van der Waals surface area contributed by atoms with E-state index in [2.05, 4.69) is 36.6 Å². The van der Waals surface area contributed by atoms with Crippen LogP contribution in [0.3, 0.4) is 0 Å². The van der Waals surface area contributed by atoms with Crippen LogP contribution in [0.25, 0.3) is 0 Å². The van der Waals surface area contributed by atoms with Crippen molar-refractivity contribution >= 4 is 5.91 Å². The van der Waals surface area contributed by atoms with E-state index in [1.807, 2.05) is 12.1 Å². The van der Waals surface area contributed by atoms with Crippen LogP contribution in [0.15, 0.2) is 24.3 Å². The van der Waals surface area contributed by atoms with Gasteiger partial charge in [0, 0.05) is 19.0 Å². The van der Waals surface area contributed by atoms with Crippen molar-refractivity contribution in [3.63, 3.8) is 0 Å². The molecule has 2 atom stereocenters. The van der Waals surface area contributed by atoms with Gasteiger partial charge in [0.05, 0.1) is 0 Å². The summed E-state index contributed by atoms with van der Waals surface area (Å²) >= 11 is 0. The van der Waals surface area contributed by atoms with Crippen molar-refractivity contribution in [1.82, 2.24) is 10.6 Å². The van der Waals surface area contributed by atoms with E-state index in [1.54, 1.807) is 0 Å². The first kappa shape index (κ1) is 14.1. The third-order valence-electron chi connectivity index (χ3n) is 4.06. The Morgan fingerprint density at radius 1 is 1.42 bits per heavy atom. The Morgan fingerprint density at radius 2 is 2.21 bits per heavy atom. The monoisotopic (exact) mass is 260 g/mol. The van der Waals surface area contributed by atoms with Crippen molar-refractivity contribution in [2.75, 3.05) is 13.1 Å². The summed E-state index contributed by atoms with van der Waals surface area (Å²) in [5.74, 6) is 0.743. The summed E-state index contributed by atoms with van der Waals surface area (Å²) in [6, 6.07) is 8.56. The number of amides is 1. The van der Waals surface area contributed by atoms with Gasteiger partial charge in [0.2, 0.25) is 5.91 Å². The summed E-state index contributed by atoms with van der Waals surface area (Å²) < 4.78 is 0. The Bertz CT molecular complexity index is 431. The van der Waals surface area contributed by atoms with Crippen molar-refractivity contribution in [2.24, 2.45) is 5.92 Å². The number of nitrogens with one attached hydrogen (secondary N) is 2. The normalized spacial score (nSPS) is 23.1. The molecular weight excluding hydrogens is 236 g/mol.